The Kier molecular flexibility index (Phi) is 16.8. The summed E-state index contributed by atoms with van der Waals surface area (Å²) in [6.07, 6.45) is 15.8. The van der Waals surface area contributed by atoms with Crippen molar-refractivity contribution in [2.24, 2.45) is 10.8 Å². The first-order chi connectivity index (χ1) is 28.1. The number of piperazine rings is 1. The SMILES string of the molecule is COC(C)C(NC(=O)CCCCCCCCCCCNc1cc(N2CCC3(CC2)CN(c2cc(F)c(CN4CCC(C)(C)CC4)cc2F)CC(=O)N3)ncn1)C(C)(C)C. The first-order valence-corrected chi connectivity index (χ1v) is 22.5. The number of likely N-dealkylation sites (tertiary alicyclic amines) is 1. The molecule has 13 heteroatoms. The number of ether oxygens (including phenoxy) is 1. The highest BCUT2D eigenvalue weighted by molar-refractivity contribution is 5.84. The molecule has 1 aromatic carbocycles. The van der Waals surface area contributed by atoms with Crippen LogP contribution in [0.2, 0.25) is 0 Å². The Morgan fingerprint density at radius 1 is 0.881 bits per heavy atom. The van der Waals surface area contributed by atoms with Crippen LogP contribution in [-0.4, -0.2) is 97.3 Å². The van der Waals surface area contributed by atoms with Gasteiger partial charge in [0.2, 0.25) is 11.8 Å². The summed E-state index contributed by atoms with van der Waals surface area (Å²) >= 11 is 0. The first kappa shape index (κ1) is 46.5. The summed E-state index contributed by atoms with van der Waals surface area (Å²) in [5.41, 5.74) is 0.223. The molecule has 5 rings (SSSR count). The molecule has 2 aromatic rings. The number of benzene rings is 1. The van der Waals surface area contributed by atoms with Crippen LogP contribution in [0.15, 0.2) is 24.5 Å². The number of carbonyl (C=O) groups is 2. The predicted molar refractivity (Wildman–Crippen MR) is 234 cm³/mol. The van der Waals surface area contributed by atoms with Crippen LogP contribution in [0.25, 0.3) is 0 Å². The molecular formula is C46H74F2N8O3. The molecule has 11 nitrogen and oxygen atoms in total. The van der Waals surface area contributed by atoms with Gasteiger partial charge in [0.25, 0.3) is 0 Å². The van der Waals surface area contributed by atoms with Crippen LogP contribution >= 0.6 is 0 Å². The number of hydrogen-bond acceptors (Lipinski definition) is 9. The summed E-state index contributed by atoms with van der Waals surface area (Å²) in [5.74, 6) is 0.686. The molecule has 0 bridgehead atoms. The normalized spacial score (nSPS) is 19.4. The second kappa shape index (κ2) is 21.3. The molecule has 2 unspecified atom stereocenters. The highest BCUT2D eigenvalue weighted by Crippen LogP contribution is 2.34. The molecule has 330 valence electrons. The van der Waals surface area contributed by atoms with Crippen molar-refractivity contribution in [3.8, 4) is 0 Å². The maximum absolute atomic E-state index is 15.6. The van der Waals surface area contributed by atoms with E-state index in [4.69, 9.17) is 4.74 Å². The number of hydrogen-bond donors (Lipinski definition) is 3. The van der Waals surface area contributed by atoms with Gasteiger partial charge in [-0.25, -0.2) is 18.7 Å². The van der Waals surface area contributed by atoms with Crippen molar-refractivity contribution in [3.05, 3.63) is 41.7 Å². The van der Waals surface area contributed by atoms with Gasteiger partial charge in [0, 0.05) is 64.0 Å². The van der Waals surface area contributed by atoms with Gasteiger partial charge in [0.05, 0.1) is 29.9 Å². The molecule has 3 fully saturated rings. The zero-order valence-corrected chi connectivity index (χ0v) is 37.2. The average Bonchev–Trinajstić information content (AvgIpc) is 3.18. The molecule has 59 heavy (non-hydrogen) atoms. The minimum absolute atomic E-state index is 0.000339. The zero-order valence-electron chi connectivity index (χ0n) is 37.2. The van der Waals surface area contributed by atoms with Crippen molar-refractivity contribution >= 4 is 29.1 Å². The van der Waals surface area contributed by atoms with Crippen LogP contribution < -0.4 is 25.8 Å². The number of methoxy groups -OCH3 is 1. The lowest BCUT2D eigenvalue weighted by Crippen LogP contribution is -2.66. The Bertz CT molecular complexity index is 1650. The third-order valence-electron chi connectivity index (χ3n) is 13.0. The van der Waals surface area contributed by atoms with E-state index in [1.54, 1.807) is 18.3 Å². The van der Waals surface area contributed by atoms with Gasteiger partial charge in [-0.05, 0) is 75.4 Å². The number of amides is 2. The third-order valence-corrected chi connectivity index (χ3v) is 13.0. The maximum Gasteiger partial charge on any atom is 0.240 e. The highest BCUT2D eigenvalue weighted by atomic mass is 19.1. The third kappa shape index (κ3) is 14.0. The fraction of sp³-hybridized carbons (Fsp3) is 0.739. The fourth-order valence-electron chi connectivity index (χ4n) is 8.99. The van der Waals surface area contributed by atoms with E-state index in [2.05, 4.69) is 70.3 Å². The van der Waals surface area contributed by atoms with Gasteiger partial charge in [0.15, 0.2) is 0 Å². The minimum atomic E-state index is -0.528. The first-order valence-electron chi connectivity index (χ1n) is 22.5. The van der Waals surface area contributed by atoms with Crippen molar-refractivity contribution in [1.82, 2.24) is 25.5 Å². The Morgan fingerprint density at radius 3 is 2.17 bits per heavy atom. The van der Waals surface area contributed by atoms with E-state index in [1.165, 1.54) is 44.2 Å². The second-order valence-electron chi connectivity index (χ2n) is 19.5. The summed E-state index contributed by atoms with van der Waals surface area (Å²) < 4.78 is 36.5. The fourth-order valence-corrected chi connectivity index (χ4v) is 8.99. The summed E-state index contributed by atoms with van der Waals surface area (Å²) in [6.45, 7) is 17.7. The zero-order chi connectivity index (χ0) is 42.6. The van der Waals surface area contributed by atoms with Crippen LogP contribution in [0.3, 0.4) is 0 Å². The molecule has 0 radical (unpaired) electrons. The van der Waals surface area contributed by atoms with E-state index in [-0.39, 0.29) is 47.0 Å². The second-order valence-corrected chi connectivity index (χ2v) is 19.5. The Morgan fingerprint density at radius 2 is 1.53 bits per heavy atom. The number of aromatic nitrogens is 2. The lowest BCUT2D eigenvalue weighted by atomic mass is 9.82. The van der Waals surface area contributed by atoms with Crippen molar-refractivity contribution in [2.45, 2.75) is 156 Å². The molecule has 0 saturated carbocycles. The number of piperidine rings is 2. The molecule has 1 aromatic heterocycles. The van der Waals surface area contributed by atoms with Gasteiger partial charge in [-0.3, -0.25) is 14.5 Å². The molecule has 3 N–H and O–H groups in total. The lowest BCUT2D eigenvalue weighted by molar-refractivity contribution is -0.124. The van der Waals surface area contributed by atoms with Crippen LogP contribution in [0.1, 0.15) is 137 Å². The molecule has 0 aliphatic carbocycles. The highest BCUT2D eigenvalue weighted by Gasteiger charge is 2.42. The average molecular weight is 825 g/mol. The van der Waals surface area contributed by atoms with Crippen LogP contribution in [0.4, 0.5) is 26.1 Å². The van der Waals surface area contributed by atoms with Crippen molar-refractivity contribution < 1.29 is 23.1 Å². The van der Waals surface area contributed by atoms with Gasteiger partial charge in [-0.15, -0.1) is 0 Å². The Balaban J connectivity index is 0.967. The topological polar surface area (TPSA) is 115 Å². The number of halogens is 2. The van der Waals surface area contributed by atoms with Crippen molar-refractivity contribution in [2.75, 3.05) is 68.0 Å². The van der Waals surface area contributed by atoms with Crippen LogP contribution in [0, 0.1) is 22.5 Å². The number of anilines is 3. The molecule has 3 aliphatic heterocycles. The quantitative estimate of drug-likeness (QED) is 0.114. The summed E-state index contributed by atoms with van der Waals surface area (Å²) in [7, 11) is 1.69. The predicted octanol–water partition coefficient (Wildman–Crippen LogP) is 8.23. The largest absolute Gasteiger partial charge is 0.380 e. The minimum Gasteiger partial charge on any atom is -0.380 e. The van der Waals surface area contributed by atoms with Gasteiger partial charge >= 0.3 is 0 Å². The van der Waals surface area contributed by atoms with Gasteiger partial charge in [-0.2, -0.15) is 0 Å². The standard InChI is InChI=1S/C46H74F2N8O3/c1-34(59-7)43(44(2,3)4)52-41(57)17-15-13-11-9-8-10-12-14-16-22-49-39-29-40(51-33-50-39)55-25-20-46(21-26-55)32-56(31-42(58)53-46)38-28-36(47)35(27-37(38)48)30-54-23-18-45(5,6)19-24-54/h27-29,33-34,43H,8-26,30-32H2,1-7H3,(H,52,57)(H,53,58)(H,49,50,51). The lowest BCUT2D eigenvalue weighted by Gasteiger charge is -2.48. The Hall–Kier alpha value is -3.58. The molecule has 3 aliphatic rings. The Labute approximate surface area is 353 Å². The van der Waals surface area contributed by atoms with E-state index in [1.807, 2.05) is 13.0 Å². The molecule has 3 saturated heterocycles. The summed E-state index contributed by atoms with van der Waals surface area (Å²) in [6, 6.07) is 4.60. The molecule has 2 amide bonds. The maximum atomic E-state index is 15.6. The van der Waals surface area contributed by atoms with Crippen LogP contribution in [0.5, 0.6) is 0 Å². The number of rotatable bonds is 20. The smallest absolute Gasteiger partial charge is 0.240 e. The number of unbranched alkanes of at least 4 members (excludes halogenated alkanes) is 8. The summed E-state index contributed by atoms with van der Waals surface area (Å²) in [4.78, 5) is 40.6. The molecule has 1 spiro atoms. The van der Waals surface area contributed by atoms with E-state index >= 15 is 8.78 Å². The molecule has 2 atom stereocenters. The molecule has 4 heterocycles. The van der Waals surface area contributed by atoms with Gasteiger partial charge in [-0.1, -0.05) is 79.6 Å². The number of nitrogens with one attached hydrogen (secondary N) is 3. The van der Waals surface area contributed by atoms with E-state index in [0.717, 1.165) is 69.8 Å². The molecular weight excluding hydrogens is 751 g/mol. The van der Waals surface area contributed by atoms with E-state index in [9.17, 15) is 9.59 Å². The van der Waals surface area contributed by atoms with Gasteiger partial charge in [0.1, 0.15) is 29.6 Å². The van der Waals surface area contributed by atoms with Gasteiger partial charge < -0.3 is 30.5 Å². The number of nitrogens with zero attached hydrogens (tertiary/aromatic N) is 5. The monoisotopic (exact) mass is 825 g/mol. The summed E-state index contributed by atoms with van der Waals surface area (Å²) in [5, 5.41) is 9.87. The van der Waals surface area contributed by atoms with Crippen molar-refractivity contribution in [3.63, 3.8) is 0 Å². The van der Waals surface area contributed by atoms with Crippen molar-refractivity contribution in [1.29, 1.82) is 0 Å². The van der Waals surface area contributed by atoms with Crippen LogP contribution in [-0.2, 0) is 20.9 Å². The van der Waals surface area contributed by atoms with E-state index < -0.39 is 17.2 Å². The number of carbonyl (C=O) groups excluding carboxylic acids is 2. The van der Waals surface area contributed by atoms with E-state index in [0.29, 0.717) is 51.0 Å².